The maximum absolute atomic E-state index is 9.66. The Bertz CT molecular complexity index is 1160. The van der Waals surface area contributed by atoms with Gasteiger partial charge in [-0.05, 0) is 67.1 Å². The first-order valence-corrected chi connectivity index (χ1v) is 8.95. The number of benzene rings is 2. The number of rotatable bonds is 3. The van der Waals surface area contributed by atoms with E-state index < -0.39 is 0 Å². The number of fused-ring (bicyclic) bond motifs is 1. The van der Waals surface area contributed by atoms with Gasteiger partial charge in [-0.1, -0.05) is 22.0 Å². The minimum absolute atomic E-state index is 0.496. The van der Waals surface area contributed by atoms with Crippen LogP contribution in [0.15, 0.2) is 65.3 Å². The van der Waals surface area contributed by atoms with Crippen LogP contribution < -0.4 is 0 Å². The van der Waals surface area contributed by atoms with E-state index in [1.54, 1.807) is 0 Å². The van der Waals surface area contributed by atoms with E-state index in [9.17, 15) is 5.26 Å². The lowest BCUT2D eigenvalue weighted by Gasteiger charge is -2.07. The second kappa shape index (κ2) is 6.66. The number of halogens is 1. The topological polar surface area (TPSA) is 57.4 Å². The molecular formula is C21H15BrN4. The first-order valence-electron chi connectivity index (χ1n) is 8.16. The Hall–Kier alpha value is -3.10. The van der Waals surface area contributed by atoms with Crippen molar-refractivity contribution in [2.24, 2.45) is 0 Å². The quantitative estimate of drug-likeness (QED) is 0.460. The molecule has 0 radical (unpaired) electrons. The fourth-order valence-corrected chi connectivity index (χ4v) is 3.17. The summed E-state index contributed by atoms with van der Waals surface area (Å²) in [5.41, 5.74) is 5.39. The number of aromatic nitrogens is 3. The SMILES string of the molecule is Cc1ccc2nc(C(C#N)=Cc3cccn3-c3ccc(Br)cc3)[nH]c2c1. The zero-order valence-corrected chi connectivity index (χ0v) is 15.7. The highest BCUT2D eigenvalue weighted by Crippen LogP contribution is 2.22. The zero-order valence-electron chi connectivity index (χ0n) is 14.1. The number of aromatic amines is 1. The molecule has 0 saturated carbocycles. The van der Waals surface area contributed by atoms with Crippen LogP contribution >= 0.6 is 15.9 Å². The van der Waals surface area contributed by atoms with Gasteiger partial charge in [-0.2, -0.15) is 5.26 Å². The van der Waals surface area contributed by atoms with E-state index in [0.717, 1.165) is 32.5 Å². The average Bonchev–Trinajstić information content (AvgIpc) is 3.26. The van der Waals surface area contributed by atoms with E-state index in [2.05, 4.69) is 32.0 Å². The summed E-state index contributed by atoms with van der Waals surface area (Å²) >= 11 is 3.45. The molecule has 126 valence electrons. The van der Waals surface area contributed by atoms with Crippen LogP contribution in [0.25, 0.3) is 28.4 Å². The number of nitrogens with zero attached hydrogens (tertiary/aromatic N) is 3. The standard InChI is InChI=1S/C21H15BrN4/c1-14-4-9-19-20(11-14)25-21(24-19)15(13-23)12-18-3-2-10-26(18)17-7-5-16(22)6-8-17/h2-12H,1H3,(H,24,25). The van der Waals surface area contributed by atoms with Crippen LogP contribution in [0.1, 0.15) is 17.1 Å². The summed E-state index contributed by atoms with van der Waals surface area (Å²) in [6, 6.07) is 20.3. The number of nitriles is 1. The summed E-state index contributed by atoms with van der Waals surface area (Å²) in [5.74, 6) is 0.580. The molecule has 0 unspecified atom stereocenters. The summed E-state index contributed by atoms with van der Waals surface area (Å²) < 4.78 is 3.07. The van der Waals surface area contributed by atoms with Crippen LogP contribution in [-0.4, -0.2) is 14.5 Å². The van der Waals surface area contributed by atoms with Crippen molar-refractivity contribution in [2.75, 3.05) is 0 Å². The highest BCUT2D eigenvalue weighted by Gasteiger charge is 2.10. The van der Waals surface area contributed by atoms with Gasteiger partial charge in [0.1, 0.15) is 11.9 Å². The second-order valence-corrected chi connectivity index (χ2v) is 6.97. The highest BCUT2D eigenvalue weighted by molar-refractivity contribution is 9.10. The van der Waals surface area contributed by atoms with Crippen LogP contribution in [-0.2, 0) is 0 Å². The van der Waals surface area contributed by atoms with Crippen LogP contribution in [0, 0.1) is 18.3 Å². The van der Waals surface area contributed by atoms with Gasteiger partial charge in [-0.3, -0.25) is 0 Å². The van der Waals surface area contributed by atoms with Crippen molar-refractivity contribution < 1.29 is 0 Å². The Morgan fingerprint density at radius 1 is 1.19 bits per heavy atom. The third-order valence-corrected chi connectivity index (χ3v) is 4.72. The molecule has 4 rings (SSSR count). The summed E-state index contributed by atoms with van der Waals surface area (Å²) in [6.45, 7) is 2.03. The van der Waals surface area contributed by atoms with Gasteiger partial charge in [0.05, 0.1) is 16.6 Å². The van der Waals surface area contributed by atoms with Gasteiger partial charge in [0.15, 0.2) is 0 Å². The molecule has 4 aromatic rings. The van der Waals surface area contributed by atoms with Crippen molar-refractivity contribution in [2.45, 2.75) is 6.92 Å². The van der Waals surface area contributed by atoms with Crippen molar-refractivity contribution in [3.63, 3.8) is 0 Å². The van der Waals surface area contributed by atoms with Crippen LogP contribution in [0.2, 0.25) is 0 Å². The normalized spacial score (nSPS) is 11.7. The van der Waals surface area contributed by atoms with Crippen LogP contribution in [0.4, 0.5) is 0 Å². The Morgan fingerprint density at radius 3 is 2.77 bits per heavy atom. The fraction of sp³-hybridized carbons (Fsp3) is 0.0476. The van der Waals surface area contributed by atoms with Gasteiger partial charge in [0.25, 0.3) is 0 Å². The van der Waals surface area contributed by atoms with Crippen molar-refractivity contribution in [3.8, 4) is 11.8 Å². The van der Waals surface area contributed by atoms with E-state index in [1.165, 1.54) is 0 Å². The Morgan fingerprint density at radius 2 is 2.00 bits per heavy atom. The molecule has 26 heavy (non-hydrogen) atoms. The minimum Gasteiger partial charge on any atom is -0.337 e. The predicted molar refractivity (Wildman–Crippen MR) is 108 cm³/mol. The van der Waals surface area contributed by atoms with E-state index in [1.807, 2.05) is 78.4 Å². The molecular weight excluding hydrogens is 388 g/mol. The Labute approximate surface area is 159 Å². The lowest BCUT2D eigenvalue weighted by atomic mass is 10.2. The fourth-order valence-electron chi connectivity index (χ4n) is 2.90. The van der Waals surface area contributed by atoms with Crippen LogP contribution in [0.3, 0.4) is 0 Å². The molecule has 0 fully saturated rings. The van der Waals surface area contributed by atoms with Gasteiger partial charge in [-0.15, -0.1) is 0 Å². The van der Waals surface area contributed by atoms with E-state index in [4.69, 9.17) is 0 Å². The van der Waals surface area contributed by atoms with Crippen molar-refractivity contribution in [1.29, 1.82) is 5.26 Å². The van der Waals surface area contributed by atoms with Crippen molar-refractivity contribution >= 4 is 38.6 Å². The molecule has 0 atom stereocenters. The largest absolute Gasteiger partial charge is 0.337 e. The number of nitrogens with one attached hydrogen (secondary N) is 1. The second-order valence-electron chi connectivity index (χ2n) is 6.06. The molecule has 2 heterocycles. The summed E-state index contributed by atoms with van der Waals surface area (Å²) in [5, 5.41) is 9.66. The molecule has 4 nitrogen and oxygen atoms in total. The number of hydrogen-bond donors (Lipinski definition) is 1. The first-order chi connectivity index (χ1) is 12.6. The Balaban J connectivity index is 1.77. The third kappa shape index (κ3) is 3.07. The van der Waals surface area contributed by atoms with E-state index in [0.29, 0.717) is 11.4 Å². The molecule has 0 aliphatic rings. The molecule has 0 saturated heterocycles. The monoisotopic (exact) mass is 402 g/mol. The first kappa shape index (κ1) is 16.4. The third-order valence-electron chi connectivity index (χ3n) is 4.19. The van der Waals surface area contributed by atoms with Gasteiger partial charge < -0.3 is 9.55 Å². The van der Waals surface area contributed by atoms with Gasteiger partial charge >= 0.3 is 0 Å². The Kier molecular flexibility index (Phi) is 4.19. The molecule has 0 amide bonds. The molecule has 5 heteroatoms. The maximum atomic E-state index is 9.66. The van der Waals surface area contributed by atoms with Crippen LogP contribution in [0.5, 0.6) is 0 Å². The molecule has 0 bridgehead atoms. The minimum atomic E-state index is 0.496. The van der Waals surface area contributed by atoms with Gasteiger partial charge in [0, 0.05) is 22.1 Å². The molecule has 0 aliphatic heterocycles. The van der Waals surface area contributed by atoms with Gasteiger partial charge in [-0.25, -0.2) is 4.98 Å². The van der Waals surface area contributed by atoms with Crippen molar-refractivity contribution in [1.82, 2.24) is 14.5 Å². The van der Waals surface area contributed by atoms with E-state index in [-0.39, 0.29) is 0 Å². The van der Waals surface area contributed by atoms with Gasteiger partial charge in [0.2, 0.25) is 0 Å². The molecule has 2 aromatic carbocycles. The highest BCUT2D eigenvalue weighted by atomic mass is 79.9. The summed E-state index contributed by atoms with van der Waals surface area (Å²) in [4.78, 5) is 7.81. The summed E-state index contributed by atoms with van der Waals surface area (Å²) in [6.07, 6.45) is 3.83. The average molecular weight is 403 g/mol. The number of imidazole rings is 1. The molecule has 1 N–H and O–H groups in total. The number of allylic oxidation sites excluding steroid dienone is 1. The van der Waals surface area contributed by atoms with E-state index >= 15 is 0 Å². The summed E-state index contributed by atoms with van der Waals surface area (Å²) in [7, 11) is 0. The zero-order chi connectivity index (χ0) is 18.1. The maximum Gasteiger partial charge on any atom is 0.149 e. The smallest absolute Gasteiger partial charge is 0.149 e. The number of H-pyrrole nitrogens is 1. The molecule has 0 aliphatic carbocycles. The molecule has 0 spiro atoms. The molecule has 2 aromatic heterocycles. The number of aryl methyl sites for hydroxylation is 1. The lowest BCUT2D eigenvalue weighted by Crippen LogP contribution is -1.95. The predicted octanol–water partition coefficient (Wildman–Crippen LogP) is 5.49. The number of hydrogen-bond acceptors (Lipinski definition) is 2. The lowest BCUT2D eigenvalue weighted by molar-refractivity contribution is 1.06. The van der Waals surface area contributed by atoms with Crippen molar-refractivity contribution in [3.05, 3.63) is 82.3 Å².